The number of carbonyl (C=O) groups is 1. The molecule has 0 saturated carbocycles. The van der Waals surface area contributed by atoms with Crippen LogP contribution < -0.4 is 5.73 Å². The third-order valence-corrected chi connectivity index (χ3v) is 3.51. The van der Waals surface area contributed by atoms with E-state index in [4.69, 9.17) is 10.2 Å². The van der Waals surface area contributed by atoms with Gasteiger partial charge >= 0.3 is 0 Å². The van der Waals surface area contributed by atoms with Crippen molar-refractivity contribution >= 4 is 11.6 Å². The van der Waals surface area contributed by atoms with Gasteiger partial charge in [0.2, 0.25) is 0 Å². The number of nitrogens with zero attached hydrogens (tertiary/aromatic N) is 2. The summed E-state index contributed by atoms with van der Waals surface area (Å²) in [6.07, 6.45) is 1.54. The number of furan rings is 1. The van der Waals surface area contributed by atoms with Gasteiger partial charge in [0, 0.05) is 11.1 Å². The zero-order valence-corrected chi connectivity index (χ0v) is 12.4. The molecule has 0 saturated heterocycles. The van der Waals surface area contributed by atoms with E-state index in [1.807, 2.05) is 12.1 Å². The van der Waals surface area contributed by atoms with E-state index < -0.39 is 0 Å². The summed E-state index contributed by atoms with van der Waals surface area (Å²) in [5.74, 6) is 0.657. The molecule has 0 aliphatic rings. The van der Waals surface area contributed by atoms with Crippen LogP contribution in [-0.2, 0) is 0 Å². The molecule has 112 valence electrons. The number of pyridine rings is 1. The Balaban J connectivity index is 2.27. The SMILES string of the molecule is CC(=O)c1cccc(-c2cc(C#N)c(N)nc2-c2ccco2)c1. The third-order valence-electron chi connectivity index (χ3n) is 3.51. The van der Waals surface area contributed by atoms with Crippen LogP contribution in [0.4, 0.5) is 5.82 Å². The van der Waals surface area contributed by atoms with Gasteiger partial charge in [-0.2, -0.15) is 5.26 Å². The van der Waals surface area contributed by atoms with Crippen molar-refractivity contribution in [3.63, 3.8) is 0 Å². The van der Waals surface area contributed by atoms with E-state index in [0.29, 0.717) is 22.6 Å². The first-order valence-electron chi connectivity index (χ1n) is 6.96. The summed E-state index contributed by atoms with van der Waals surface area (Å²) in [6, 6.07) is 14.4. The van der Waals surface area contributed by atoms with Gasteiger partial charge in [-0.25, -0.2) is 4.98 Å². The summed E-state index contributed by atoms with van der Waals surface area (Å²) in [4.78, 5) is 15.9. The summed E-state index contributed by atoms with van der Waals surface area (Å²) in [5.41, 5.74) is 8.70. The van der Waals surface area contributed by atoms with Gasteiger partial charge in [0.25, 0.3) is 0 Å². The molecule has 0 amide bonds. The molecular weight excluding hydrogens is 290 g/mol. The maximum absolute atomic E-state index is 11.6. The lowest BCUT2D eigenvalue weighted by molar-refractivity contribution is 0.101. The van der Waals surface area contributed by atoms with Gasteiger partial charge in [0.1, 0.15) is 17.6 Å². The Labute approximate surface area is 133 Å². The highest BCUT2D eigenvalue weighted by molar-refractivity contribution is 5.96. The molecule has 3 rings (SSSR count). The van der Waals surface area contributed by atoms with Gasteiger partial charge < -0.3 is 10.2 Å². The van der Waals surface area contributed by atoms with Crippen molar-refractivity contribution in [1.29, 1.82) is 5.26 Å². The molecule has 0 aliphatic heterocycles. The van der Waals surface area contributed by atoms with E-state index in [1.165, 1.54) is 6.92 Å². The lowest BCUT2D eigenvalue weighted by Crippen LogP contribution is -1.99. The zero-order valence-electron chi connectivity index (χ0n) is 12.4. The molecule has 2 N–H and O–H groups in total. The average Bonchev–Trinajstić information content (AvgIpc) is 3.09. The number of rotatable bonds is 3. The monoisotopic (exact) mass is 303 g/mol. The summed E-state index contributed by atoms with van der Waals surface area (Å²) < 4.78 is 5.42. The van der Waals surface area contributed by atoms with Crippen LogP contribution in [0.1, 0.15) is 22.8 Å². The van der Waals surface area contributed by atoms with E-state index in [2.05, 4.69) is 4.98 Å². The van der Waals surface area contributed by atoms with Crippen LogP contribution in [0.25, 0.3) is 22.6 Å². The highest BCUT2D eigenvalue weighted by Crippen LogP contribution is 2.33. The Morgan fingerprint density at radius 1 is 1.26 bits per heavy atom. The number of aromatic nitrogens is 1. The van der Waals surface area contributed by atoms with Crippen LogP contribution in [0.2, 0.25) is 0 Å². The van der Waals surface area contributed by atoms with Crippen molar-refractivity contribution in [2.75, 3.05) is 5.73 Å². The van der Waals surface area contributed by atoms with Gasteiger partial charge in [0.15, 0.2) is 11.5 Å². The maximum atomic E-state index is 11.6. The Morgan fingerprint density at radius 2 is 2.09 bits per heavy atom. The molecule has 3 aromatic rings. The quantitative estimate of drug-likeness (QED) is 0.745. The van der Waals surface area contributed by atoms with Crippen molar-refractivity contribution in [3.8, 4) is 28.7 Å². The number of Topliss-reactive ketones (excluding diaryl/α,β-unsaturated/α-hetero) is 1. The number of nitriles is 1. The second-order valence-electron chi connectivity index (χ2n) is 5.04. The lowest BCUT2D eigenvalue weighted by Gasteiger charge is -2.10. The fraction of sp³-hybridized carbons (Fsp3) is 0.0556. The minimum Gasteiger partial charge on any atom is -0.463 e. The summed E-state index contributed by atoms with van der Waals surface area (Å²) in [5, 5.41) is 9.21. The Hall–Kier alpha value is -3.39. The molecule has 0 radical (unpaired) electrons. The predicted octanol–water partition coefficient (Wildman–Crippen LogP) is 3.67. The predicted molar refractivity (Wildman–Crippen MR) is 86.5 cm³/mol. The molecule has 5 nitrogen and oxygen atoms in total. The minimum absolute atomic E-state index is 0.0321. The first-order valence-corrected chi connectivity index (χ1v) is 6.96. The van der Waals surface area contributed by atoms with Gasteiger partial charge in [-0.05, 0) is 36.8 Å². The van der Waals surface area contributed by atoms with Crippen LogP contribution in [0, 0.1) is 11.3 Å². The molecule has 1 aromatic carbocycles. The topological polar surface area (TPSA) is 92.9 Å². The molecule has 0 aliphatic carbocycles. The average molecular weight is 303 g/mol. The van der Waals surface area contributed by atoms with Crippen molar-refractivity contribution in [1.82, 2.24) is 4.98 Å². The number of hydrogen-bond donors (Lipinski definition) is 1. The summed E-state index contributed by atoms with van der Waals surface area (Å²) in [7, 11) is 0. The second-order valence-corrected chi connectivity index (χ2v) is 5.04. The third kappa shape index (κ3) is 2.70. The molecule has 5 heteroatoms. The van der Waals surface area contributed by atoms with Crippen LogP contribution in [0.5, 0.6) is 0 Å². The Morgan fingerprint density at radius 3 is 2.74 bits per heavy atom. The largest absolute Gasteiger partial charge is 0.463 e. The molecule has 0 bridgehead atoms. The molecule has 0 unspecified atom stereocenters. The van der Waals surface area contributed by atoms with Gasteiger partial charge in [-0.3, -0.25) is 4.79 Å². The number of ketones is 1. The van der Waals surface area contributed by atoms with Gasteiger partial charge in [0.05, 0.1) is 11.8 Å². The molecule has 0 atom stereocenters. The number of hydrogen-bond acceptors (Lipinski definition) is 5. The van der Waals surface area contributed by atoms with Crippen LogP contribution in [0.3, 0.4) is 0 Å². The molecule has 23 heavy (non-hydrogen) atoms. The normalized spacial score (nSPS) is 10.3. The molecule has 0 spiro atoms. The first-order chi connectivity index (χ1) is 11.1. The van der Waals surface area contributed by atoms with Crippen molar-refractivity contribution in [3.05, 3.63) is 59.9 Å². The first kappa shape index (κ1) is 14.5. The van der Waals surface area contributed by atoms with Crippen molar-refractivity contribution < 1.29 is 9.21 Å². The number of benzene rings is 1. The van der Waals surface area contributed by atoms with Crippen molar-refractivity contribution in [2.24, 2.45) is 0 Å². The smallest absolute Gasteiger partial charge is 0.159 e. The maximum Gasteiger partial charge on any atom is 0.159 e. The van der Waals surface area contributed by atoms with E-state index in [9.17, 15) is 10.1 Å². The number of anilines is 1. The van der Waals surface area contributed by atoms with E-state index >= 15 is 0 Å². The lowest BCUT2D eigenvalue weighted by atomic mass is 9.98. The second kappa shape index (κ2) is 5.78. The van der Waals surface area contributed by atoms with Crippen molar-refractivity contribution in [2.45, 2.75) is 6.92 Å². The standard InChI is InChI=1S/C18H13N3O2/c1-11(22)12-4-2-5-13(8-12)15-9-14(10-19)18(20)21-17(15)16-6-3-7-23-16/h2-9H,1H3,(H2,20,21). The number of carbonyl (C=O) groups excluding carboxylic acids is 1. The van der Waals surface area contributed by atoms with E-state index in [1.54, 1.807) is 42.7 Å². The molecule has 2 heterocycles. The summed E-state index contributed by atoms with van der Waals surface area (Å²) in [6.45, 7) is 1.51. The number of nitrogen functional groups attached to an aromatic ring is 1. The van der Waals surface area contributed by atoms with Crippen LogP contribution in [0.15, 0.2) is 53.1 Å². The zero-order chi connectivity index (χ0) is 16.4. The molecule has 2 aromatic heterocycles. The fourth-order valence-electron chi connectivity index (χ4n) is 2.34. The molecule has 0 fully saturated rings. The van der Waals surface area contributed by atoms with E-state index in [-0.39, 0.29) is 17.2 Å². The van der Waals surface area contributed by atoms with Gasteiger partial charge in [-0.1, -0.05) is 18.2 Å². The summed E-state index contributed by atoms with van der Waals surface area (Å²) >= 11 is 0. The molecular formula is C18H13N3O2. The highest BCUT2D eigenvalue weighted by atomic mass is 16.3. The van der Waals surface area contributed by atoms with Gasteiger partial charge in [-0.15, -0.1) is 0 Å². The Kier molecular flexibility index (Phi) is 3.65. The fourth-order valence-corrected chi connectivity index (χ4v) is 2.34. The van der Waals surface area contributed by atoms with E-state index in [0.717, 1.165) is 5.56 Å². The van der Waals surface area contributed by atoms with Crippen LogP contribution in [-0.4, -0.2) is 10.8 Å². The Bertz CT molecular complexity index is 922. The number of nitrogens with two attached hydrogens (primary N) is 1. The minimum atomic E-state index is -0.0321. The van der Waals surface area contributed by atoms with Crippen LogP contribution >= 0.6 is 0 Å². The highest BCUT2D eigenvalue weighted by Gasteiger charge is 2.16.